The quantitative estimate of drug-likeness (QED) is 0.579. The van der Waals surface area contributed by atoms with Gasteiger partial charge in [-0.2, -0.15) is 0 Å². The minimum absolute atomic E-state index is 0.0213. The molecular formula is C25H25ClN4O3. The summed E-state index contributed by atoms with van der Waals surface area (Å²) in [4.78, 5) is 43.3. The smallest absolute Gasteiger partial charge is 0.251 e. The van der Waals surface area contributed by atoms with Crippen LogP contribution in [0.15, 0.2) is 60.8 Å². The first-order valence-electron chi connectivity index (χ1n) is 11.0. The number of amides is 3. The number of nitrogens with zero attached hydrogens (tertiary/aromatic N) is 2. The SMILES string of the molecule is O=C(NCCC(=O)N1CCC(C(=O)Nc2ccc(Cl)cn2)CC1)c1ccc2ccccc2c1. The summed E-state index contributed by atoms with van der Waals surface area (Å²) in [5, 5.41) is 8.20. The minimum Gasteiger partial charge on any atom is -0.352 e. The number of aromatic nitrogens is 1. The zero-order valence-corrected chi connectivity index (χ0v) is 18.8. The Kier molecular flexibility index (Phi) is 7.19. The molecule has 2 heterocycles. The number of fused-ring (bicyclic) bond motifs is 1. The lowest BCUT2D eigenvalue weighted by molar-refractivity contribution is -0.134. The molecule has 0 atom stereocenters. The Balaban J connectivity index is 1.20. The molecule has 2 N–H and O–H groups in total. The standard InChI is InChI=1S/C25H25ClN4O3/c26-21-7-8-22(28-16-21)29-25(33)18-10-13-30(14-11-18)23(31)9-12-27-24(32)20-6-5-17-3-1-2-4-19(17)15-20/h1-8,15-16,18H,9-14H2,(H,27,32)(H,28,29,33). The molecule has 0 unspecified atom stereocenters. The molecule has 1 aromatic heterocycles. The summed E-state index contributed by atoms with van der Waals surface area (Å²) in [5.74, 6) is -0.0180. The fourth-order valence-corrected chi connectivity index (χ4v) is 4.05. The molecule has 3 aromatic rings. The molecule has 0 spiro atoms. The van der Waals surface area contributed by atoms with Crippen LogP contribution in [0.25, 0.3) is 10.8 Å². The monoisotopic (exact) mass is 464 g/mol. The van der Waals surface area contributed by atoms with Gasteiger partial charge in [-0.15, -0.1) is 0 Å². The van der Waals surface area contributed by atoms with E-state index in [9.17, 15) is 14.4 Å². The van der Waals surface area contributed by atoms with Crippen molar-refractivity contribution in [3.05, 3.63) is 71.4 Å². The number of pyridine rings is 1. The highest BCUT2D eigenvalue weighted by molar-refractivity contribution is 6.30. The van der Waals surface area contributed by atoms with Gasteiger partial charge in [0.2, 0.25) is 11.8 Å². The van der Waals surface area contributed by atoms with Gasteiger partial charge in [-0.05, 0) is 47.9 Å². The molecule has 1 aliphatic heterocycles. The molecule has 0 aliphatic carbocycles. The van der Waals surface area contributed by atoms with Crippen molar-refractivity contribution in [3.63, 3.8) is 0 Å². The summed E-state index contributed by atoms with van der Waals surface area (Å²) >= 11 is 5.81. The lowest BCUT2D eigenvalue weighted by Crippen LogP contribution is -2.42. The largest absolute Gasteiger partial charge is 0.352 e. The maximum Gasteiger partial charge on any atom is 0.251 e. The van der Waals surface area contributed by atoms with Gasteiger partial charge in [-0.3, -0.25) is 14.4 Å². The molecular weight excluding hydrogens is 440 g/mol. The van der Waals surface area contributed by atoms with Crippen LogP contribution >= 0.6 is 11.6 Å². The first kappa shape index (κ1) is 22.7. The molecule has 1 saturated heterocycles. The molecule has 4 rings (SSSR count). The highest BCUT2D eigenvalue weighted by atomic mass is 35.5. The number of halogens is 1. The normalized spacial score (nSPS) is 14.2. The van der Waals surface area contributed by atoms with Gasteiger partial charge in [-0.1, -0.05) is 41.9 Å². The van der Waals surface area contributed by atoms with Crippen molar-refractivity contribution >= 4 is 45.9 Å². The van der Waals surface area contributed by atoms with Crippen LogP contribution in [0.4, 0.5) is 5.82 Å². The van der Waals surface area contributed by atoms with Crippen LogP contribution in [0.2, 0.25) is 5.02 Å². The van der Waals surface area contributed by atoms with E-state index in [1.165, 1.54) is 6.20 Å². The van der Waals surface area contributed by atoms with E-state index in [1.54, 1.807) is 23.1 Å². The zero-order valence-electron chi connectivity index (χ0n) is 18.1. The third-order valence-electron chi connectivity index (χ3n) is 5.83. The highest BCUT2D eigenvalue weighted by Crippen LogP contribution is 2.20. The van der Waals surface area contributed by atoms with Crippen molar-refractivity contribution in [2.24, 2.45) is 5.92 Å². The molecule has 1 aliphatic rings. The van der Waals surface area contributed by atoms with Crippen molar-refractivity contribution in [3.8, 4) is 0 Å². The topological polar surface area (TPSA) is 91.4 Å². The number of nitrogens with one attached hydrogen (secondary N) is 2. The molecule has 3 amide bonds. The fraction of sp³-hybridized carbons (Fsp3) is 0.280. The number of piperidine rings is 1. The van der Waals surface area contributed by atoms with Gasteiger partial charge in [0.15, 0.2) is 0 Å². The van der Waals surface area contributed by atoms with Gasteiger partial charge in [0.25, 0.3) is 5.91 Å². The second-order valence-electron chi connectivity index (χ2n) is 8.07. The average molecular weight is 465 g/mol. The Bertz CT molecular complexity index is 1160. The summed E-state index contributed by atoms with van der Waals surface area (Å²) in [6, 6.07) is 16.7. The van der Waals surface area contributed by atoms with Crippen LogP contribution in [0, 0.1) is 5.92 Å². The zero-order chi connectivity index (χ0) is 23.2. The van der Waals surface area contributed by atoms with E-state index in [0.29, 0.717) is 42.3 Å². The summed E-state index contributed by atoms with van der Waals surface area (Å²) in [5.41, 5.74) is 0.572. The highest BCUT2D eigenvalue weighted by Gasteiger charge is 2.27. The van der Waals surface area contributed by atoms with Gasteiger partial charge < -0.3 is 15.5 Å². The summed E-state index contributed by atoms with van der Waals surface area (Å²) in [6.07, 6.45) is 2.89. The van der Waals surface area contributed by atoms with E-state index in [-0.39, 0.29) is 36.6 Å². The van der Waals surface area contributed by atoms with E-state index in [0.717, 1.165) is 10.8 Å². The lowest BCUT2D eigenvalue weighted by atomic mass is 9.95. The van der Waals surface area contributed by atoms with Gasteiger partial charge >= 0.3 is 0 Å². The average Bonchev–Trinajstić information content (AvgIpc) is 2.85. The molecule has 8 heteroatoms. The molecule has 33 heavy (non-hydrogen) atoms. The van der Waals surface area contributed by atoms with Crippen LogP contribution in [0.5, 0.6) is 0 Å². The number of likely N-dealkylation sites (tertiary alicyclic amines) is 1. The molecule has 170 valence electrons. The van der Waals surface area contributed by atoms with Crippen LogP contribution in [0.3, 0.4) is 0 Å². The Hall–Kier alpha value is -3.45. The number of anilines is 1. The van der Waals surface area contributed by atoms with Crippen LogP contribution < -0.4 is 10.6 Å². The molecule has 0 saturated carbocycles. The third kappa shape index (κ3) is 5.87. The first-order chi connectivity index (χ1) is 16.0. The molecule has 0 radical (unpaired) electrons. The molecule has 1 fully saturated rings. The predicted octanol–water partition coefficient (Wildman–Crippen LogP) is 3.89. The fourth-order valence-electron chi connectivity index (χ4n) is 3.94. The second-order valence-corrected chi connectivity index (χ2v) is 8.51. The maximum absolute atomic E-state index is 12.5. The van der Waals surface area contributed by atoms with Crippen LogP contribution in [0.1, 0.15) is 29.6 Å². The lowest BCUT2D eigenvalue weighted by Gasteiger charge is -2.31. The van der Waals surface area contributed by atoms with Crippen LogP contribution in [-0.4, -0.2) is 47.2 Å². The Morgan fingerprint density at radius 1 is 1.00 bits per heavy atom. The number of carbonyl (C=O) groups excluding carboxylic acids is 3. The van der Waals surface area contributed by atoms with Crippen LogP contribution in [-0.2, 0) is 9.59 Å². The van der Waals surface area contributed by atoms with Crippen molar-refractivity contribution in [1.29, 1.82) is 0 Å². The predicted molar refractivity (Wildman–Crippen MR) is 128 cm³/mol. The summed E-state index contributed by atoms with van der Waals surface area (Å²) < 4.78 is 0. The third-order valence-corrected chi connectivity index (χ3v) is 6.06. The van der Waals surface area contributed by atoms with E-state index < -0.39 is 0 Å². The van der Waals surface area contributed by atoms with Crippen molar-refractivity contribution in [2.75, 3.05) is 25.0 Å². The van der Waals surface area contributed by atoms with E-state index in [1.807, 2.05) is 36.4 Å². The van der Waals surface area contributed by atoms with E-state index in [2.05, 4.69) is 15.6 Å². The maximum atomic E-state index is 12.5. The Morgan fingerprint density at radius 3 is 2.48 bits per heavy atom. The van der Waals surface area contributed by atoms with Crippen molar-refractivity contribution < 1.29 is 14.4 Å². The van der Waals surface area contributed by atoms with E-state index >= 15 is 0 Å². The molecule has 2 aromatic carbocycles. The first-order valence-corrected chi connectivity index (χ1v) is 11.3. The Morgan fingerprint density at radius 2 is 1.76 bits per heavy atom. The molecule has 0 bridgehead atoms. The summed E-state index contributed by atoms with van der Waals surface area (Å²) in [7, 11) is 0. The van der Waals surface area contributed by atoms with Crippen molar-refractivity contribution in [2.45, 2.75) is 19.3 Å². The van der Waals surface area contributed by atoms with E-state index in [4.69, 9.17) is 11.6 Å². The van der Waals surface area contributed by atoms with Crippen molar-refractivity contribution in [1.82, 2.24) is 15.2 Å². The Labute approximate surface area is 197 Å². The number of rotatable bonds is 6. The van der Waals surface area contributed by atoms with Gasteiger partial charge in [0.1, 0.15) is 5.82 Å². The number of hydrogen-bond donors (Lipinski definition) is 2. The second kappa shape index (κ2) is 10.4. The van der Waals surface area contributed by atoms with Gasteiger partial charge in [-0.25, -0.2) is 4.98 Å². The molecule has 7 nitrogen and oxygen atoms in total. The van der Waals surface area contributed by atoms with Gasteiger partial charge in [0.05, 0.1) is 5.02 Å². The number of benzene rings is 2. The van der Waals surface area contributed by atoms with Gasteiger partial charge in [0, 0.05) is 43.7 Å². The number of hydrogen-bond acceptors (Lipinski definition) is 4. The minimum atomic E-state index is -0.195. The summed E-state index contributed by atoms with van der Waals surface area (Å²) in [6.45, 7) is 1.31. The number of carbonyl (C=O) groups is 3.